The Morgan fingerprint density at radius 2 is 1.71 bits per heavy atom. The van der Waals surface area contributed by atoms with E-state index in [0.717, 1.165) is 48.7 Å². The van der Waals surface area contributed by atoms with Crippen molar-refractivity contribution in [3.63, 3.8) is 0 Å². The highest BCUT2D eigenvalue weighted by atomic mass is 19.1. The van der Waals surface area contributed by atoms with E-state index in [1.54, 1.807) is 35.4 Å². The van der Waals surface area contributed by atoms with Crippen LogP contribution in [0.4, 0.5) is 4.39 Å². The summed E-state index contributed by atoms with van der Waals surface area (Å²) < 4.78 is 15.1. The van der Waals surface area contributed by atoms with Gasteiger partial charge in [-0.05, 0) is 43.4 Å². The van der Waals surface area contributed by atoms with Crippen LogP contribution in [0.25, 0.3) is 16.9 Å². The molecule has 1 aliphatic heterocycles. The lowest BCUT2D eigenvalue weighted by Crippen LogP contribution is -2.47. The summed E-state index contributed by atoms with van der Waals surface area (Å²) in [6, 6.07) is 9.95. The fourth-order valence-corrected chi connectivity index (χ4v) is 3.44. The topological polar surface area (TPSA) is 54.3 Å². The molecule has 0 unspecified atom stereocenters. The predicted octanol–water partition coefficient (Wildman–Crippen LogP) is 2.39. The first-order valence-corrected chi connectivity index (χ1v) is 9.31. The molecule has 3 heterocycles. The fraction of sp³-hybridized carbons (Fsp3) is 0.286. The summed E-state index contributed by atoms with van der Waals surface area (Å²) in [6.45, 7) is 3.26. The number of carbonyl (C=O) groups excluding carboxylic acids is 1. The fourth-order valence-electron chi connectivity index (χ4n) is 3.44. The molecule has 0 saturated carbocycles. The summed E-state index contributed by atoms with van der Waals surface area (Å²) >= 11 is 0. The minimum Gasteiger partial charge on any atom is -0.340 e. The number of amides is 1. The molecule has 28 heavy (non-hydrogen) atoms. The number of pyridine rings is 1. The van der Waals surface area contributed by atoms with Crippen LogP contribution in [0.3, 0.4) is 0 Å². The molecule has 0 radical (unpaired) electrons. The number of hydrogen-bond acceptors (Lipinski definition) is 4. The Hall–Kier alpha value is -3.06. The molecule has 1 amide bonds. The average molecular weight is 379 g/mol. The third kappa shape index (κ3) is 3.80. The number of aromatic nitrogens is 3. The first-order chi connectivity index (χ1) is 13.6. The van der Waals surface area contributed by atoms with E-state index in [1.807, 2.05) is 17.0 Å². The van der Waals surface area contributed by atoms with Crippen LogP contribution in [0, 0.1) is 5.82 Å². The first kappa shape index (κ1) is 18.3. The van der Waals surface area contributed by atoms with Crippen LogP contribution in [0.5, 0.6) is 0 Å². The van der Waals surface area contributed by atoms with Crippen molar-refractivity contribution in [3.8, 4) is 16.9 Å². The van der Waals surface area contributed by atoms with E-state index in [-0.39, 0.29) is 18.1 Å². The second kappa shape index (κ2) is 7.90. The van der Waals surface area contributed by atoms with Gasteiger partial charge in [0.25, 0.3) is 0 Å². The molecule has 1 aromatic carbocycles. The average Bonchev–Trinajstić information content (AvgIpc) is 3.13. The quantitative estimate of drug-likeness (QED) is 0.699. The van der Waals surface area contributed by atoms with Crippen molar-refractivity contribution in [1.29, 1.82) is 0 Å². The molecular weight excluding hydrogens is 357 g/mol. The molecule has 7 heteroatoms. The molecule has 2 aromatic heterocycles. The molecule has 0 bridgehead atoms. The number of benzene rings is 1. The van der Waals surface area contributed by atoms with Gasteiger partial charge in [0.05, 0.1) is 24.0 Å². The molecule has 1 aliphatic rings. The van der Waals surface area contributed by atoms with Gasteiger partial charge in [0, 0.05) is 49.7 Å². The van der Waals surface area contributed by atoms with E-state index in [1.165, 1.54) is 12.1 Å². The summed E-state index contributed by atoms with van der Waals surface area (Å²) in [4.78, 5) is 21.1. The molecule has 3 aromatic rings. The van der Waals surface area contributed by atoms with Gasteiger partial charge >= 0.3 is 0 Å². The number of piperazine rings is 1. The summed E-state index contributed by atoms with van der Waals surface area (Å²) in [5.41, 5.74) is 3.33. The monoisotopic (exact) mass is 379 g/mol. The van der Waals surface area contributed by atoms with Crippen molar-refractivity contribution in [2.45, 2.75) is 6.42 Å². The van der Waals surface area contributed by atoms with E-state index < -0.39 is 0 Å². The van der Waals surface area contributed by atoms with E-state index in [0.29, 0.717) is 0 Å². The first-order valence-electron chi connectivity index (χ1n) is 9.31. The van der Waals surface area contributed by atoms with Crippen molar-refractivity contribution < 1.29 is 9.18 Å². The Labute approximate surface area is 163 Å². The van der Waals surface area contributed by atoms with E-state index in [2.05, 4.69) is 22.0 Å². The molecule has 1 fully saturated rings. The van der Waals surface area contributed by atoms with Crippen molar-refractivity contribution in [2.24, 2.45) is 0 Å². The summed E-state index contributed by atoms with van der Waals surface area (Å²) in [5.74, 6) is -0.200. The Kier molecular flexibility index (Phi) is 5.16. The number of rotatable bonds is 4. The normalized spacial score (nSPS) is 15.0. The van der Waals surface area contributed by atoms with Crippen LogP contribution >= 0.6 is 0 Å². The van der Waals surface area contributed by atoms with Crippen LogP contribution < -0.4 is 0 Å². The zero-order valence-corrected chi connectivity index (χ0v) is 15.8. The molecule has 0 atom stereocenters. The number of likely N-dealkylation sites (N-methyl/N-ethyl adjacent to an activating group) is 1. The lowest BCUT2D eigenvalue weighted by Gasteiger charge is -2.32. The van der Waals surface area contributed by atoms with E-state index in [4.69, 9.17) is 0 Å². The molecule has 144 valence electrons. The minimum atomic E-state index is -0.299. The van der Waals surface area contributed by atoms with Gasteiger partial charge in [-0.25, -0.2) is 9.07 Å². The molecule has 1 saturated heterocycles. The zero-order valence-electron chi connectivity index (χ0n) is 15.8. The standard InChI is InChI=1S/C21H22FN5O/c1-25-10-12-26(13-11-25)20(28)14-17-15-24-27(19-4-2-18(22)3-5-19)21(17)16-6-8-23-9-7-16/h2-9,15H,10-14H2,1H3. The van der Waals surface area contributed by atoms with Crippen LogP contribution in [0.15, 0.2) is 55.0 Å². The second-order valence-corrected chi connectivity index (χ2v) is 7.00. The predicted molar refractivity (Wildman–Crippen MR) is 105 cm³/mol. The zero-order chi connectivity index (χ0) is 19.5. The van der Waals surface area contributed by atoms with Gasteiger partial charge in [-0.3, -0.25) is 9.78 Å². The Balaban J connectivity index is 1.67. The molecule has 0 N–H and O–H groups in total. The largest absolute Gasteiger partial charge is 0.340 e. The maximum absolute atomic E-state index is 13.3. The SMILES string of the molecule is CN1CCN(C(=O)Cc2cnn(-c3ccc(F)cc3)c2-c2ccncc2)CC1. The molecular formula is C21H22FN5O. The van der Waals surface area contributed by atoms with Crippen molar-refractivity contribution >= 4 is 5.91 Å². The van der Waals surface area contributed by atoms with E-state index >= 15 is 0 Å². The highest BCUT2D eigenvalue weighted by Crippen LogP contribution is 2.27. The van der Waals surface area contributed by atoms with Crippen molar-refractivity contribution in [2.75, 3.05) is 33.2 Å². The van der Waals surface area contributed by atoms with Crippen LogP contribution in [0.2, 0.25) is 0 Å². The second-order valence-electron chi connectivity index (χ2n) is 7.00. The van der Waals surface area contributed by atoms with Crippen molar-refractivity contribution in [3.05, 3.63) is 66.4 Å². The van der Waals surface area contributed by atoms with Gasteiger partial charge in [0.1, 0.15) is 5.82 Å². The molecule has 0 aliphatic carbocycles. The number of halogens is 1. The van der Waals surface area contributed by atoms with Gasteiger partial charge in [-0.15, -0.1) is 0 Å². The summed E-state index contributed by atoms with van der Waals surface area (Å²) in [5, 5.41) is 4.50. The third-order valence-electron chi connectivity index (χ3n) is 5.07. The lowest BCUT2D eigenvalue weighted by molar-refractivity contribution is -0.132. The molecule has 4 rings (SSSR count). The molecule has 6 nitrogen and oxygen atoms in total. The maximum atomic E-state index is 13.3. The van der Waals surface area contributed by atoms with Crippen LogP contribution in [-0.2, 0) is 11.2 Å². The highest BCUT2D eigenvalue weighted by Gasteiger charge is 2.22. The van der Waals surface area contributed by atoms with E-state index in [9.17, 15) is 9.18 Å². The Morgan fingerprint density at radius 3 is 2.39 bits per heavy atom. The molecule has 0 spiro atoms. The van der Waals surface area contributed by atoms with Crippen LogP contribution in [-0.4, -0.2) is 63.7 Å². The van der Waals surface area contributed by atoms with Gasteiger partial charge in [-0.2, -0.15) is 5.10 Å². The summed E-state index contributed by atoms with van der Waals surface area (Å²) in [7, 11) is 2.07. The Morgan fingerprint density at radius 1 is 1.04 bits per heavy atom. The van der Waals surface area contributed by atoms with Gasteiger partial charge < -0.3 is 9.80 Å². The van der Waals surface area contributed by atoms with Gasteiger partial charge in [0.2, 0.25) is 5.91 Å². The smallest absolute Gasteiger partial charge is 0.227 e. The van der Waals surface area contributed by atoms with Crippen LogP contribution in [0.1, 0.15) is 5.56 Å². The minimum absolute atomic E-state index is 0.0991. The summed E-state index contributed by atoms with van der Waals surface area (Å²) in [6.07, 6.45) is 5.43. The van der Waals surface area contributed by atoms with Gasteiger partial charge in [0.15, 0.2) is 0 Å². The van der Waals surface area contributed by atoms with Crippen molar-refractivity contribution in [1.82, 2.24) is 24.6 Å². The Bertz CT molecular complexity index is 947. The number of hydrogen-bond donors (Lipinski definition) is 0. The number of nitrogens with zero attached hydrogens (tertiary/aromatic N) is 5. The van der Waals surface area contributed by atoms with Gasteiger partial charge in [-0.1, -0.05) is 0 Å². The lowest BCUT2D eigenvalue weighted by atomic mass is 10.1. The highest BCUT2D eigenvalue weighted by molar-refractivity contribution is 5.81. The maximum Gasteiger partial charge on any atom is 0.227 e. The number of carbonyl (C=O) groups is 1. The third-order valence-corrected chi connectivity index (χ3v) is 5.07.